The van der Waals surface area contributed by atoms with Gasteiger partial charge in [-0.1, -0.05) is 42.3 Å². The molecule has 1 fully saturated rings. The van der Waals surface area contributed by atoms with Crippen molar-refractivity contribution >= 4 is 69.8 Å². The van der Waals surface area contributed by atoms with Crippen LogP contribution in [-0.2, 0) is 9.59 Å². The Kier molecular flexibility index (Phi) is 9.09. The van der Waals surface area contributed by atoms with Gasteiger partial charge in [-0.2, -0.15) is 0 Å². The fourth-order valence-electron chi connectivity index (χ4n) is 4.08. The Balaban J connectivity index is 1.29. The van der Waals surface area contributed by atoms with Gasteiger partial charge in [0.25, 0.3) is 0 Å². The fourth-order valence-corrected chi connectivity index (χ4v) is 4.78. The minimum Gasteiger partial charge on any atom is -0.457 e. The van der Waals surface area contributed by atoms with Gasteiger partial charge in [0.1, 0.15) is 11.5 Å². The summed E-state index contributed by atoms with van der Waals surface area (Å²) >= 11 is 18.0. The van der Waals surface area contributed by atoms with Crippen LogP contribution in [0.3, 0.4) is 0 Å². The van der Waals surface area contributed by atoms with Crippen LogP contribution in [0.5, 0.6) is 0 Å². The van der Waals surface area contributed by atoms with Crippen molar-refractivity contribution in [3.05, 3.63) is 76.0 Å². The average molecular weight is 572 g/mol. The molecule has 1 aliphatic heterocycles. The van der Waals surface area contributed by atoms with Crippen LogP contribution in [0.1, 0.15) is 24.7 Å². The van der Waals surface area contributed by atoms with Gasteiger partial charge in [0.15, 0.2) is 5.11 Å². The highest BCUT2D eigenvalue weighted by atomic mass is 35.5. The molecule has 4 rings (SSSR count). The highest BCUT2D eigenvalue weighted by molar-refractivity contribution is 7.80. The minimum absolute atomic E-state index is 0.143. The lowest BCUT2D eigenvalue weighted by Crippen LogP contribution is -2.48. The molecule has 7 nitrogen and oxygen atoms in total. The van der Waals surface area contributed by atoms with Crippen LogP contribution in [0.4, 0.5) is 11.4 Å². The summed E-state index contributed by atoms with van der Waals surface area (Å²) in [6.07, 6.45) is 3.43. The Morgan fingerprint density at radius 1 is 1.03 bits per heavy atom. The average Bonchev–Trinajstić information content (AvgIpc) is 3.38. The van der Waals surface area contributed by atoms with E-state index in [-0.39, 0.29) is 11.0 Å². The lowest BCUT2D eigenvalue weighted by molar-refractivity contribution is -0.131. The predicted octanol–water partition coefficient (Wildman–Crippen LogP) is 6.15. The van der Waals surface area contributed by atoms with Crippen molar-refractivity contribution in [2.24, 2.45) is 0 Å². The Morgan fingerprint density at radius 3 is 2.47 bits per heavy atom. The molecule has 3 aromatic rings. The van der Waals surface area contributed by atoms with E-state index in [0.717, 1.165) is 29.9 Å². The largest absolute Gasteiger partial charge is 0.457 e. The molecule has 38 heavy (non-hydrogen) atoms. The maximum atomic E-state index is 12.4. The second-order valence-electron chi connectivity index (χ2n) is 8.83. The first-order valence-corrected chi connectivity index (χ1v) is 13.4. The summed E-state index contributed by atoms with van der Waals surface area (Å²) in [4.78, 5) is 28.3. The number of nitrogens with zero attached hydrogens (tertiary/aromatic N) is 2. The Morgan fingerprint density at radius 2 is 1.79 bits per heavy atom. The topological polar surface area (TPSA) is 77.8 Å². The van der Waals surface area contributed by atoms with Crippen LogP contribution in [0.15, 0.2) is 59.0 Å². The van der Waals surface area contributed by atoms with Crippen LogP contribution < -0.4 is 15.5 Å². The zero-order chi connectivity index (χ0) is 27.2. The van der Waals surface area contributed by atoms with Gasteiger partial charge in [0, 0.05) is 54.9 Å². The van der Waals surface area contributed by atoms with Crippen LogP contribution in [-0.4, -0.2) is 48.0 Å². The van der Waals surface area contributed by atoms with Gasteiger partial charge in [-0.25, -0.2) is 0 Å². The predicted molar refractivity (Wildman–Crippen MR) is 158 cm³/mol. The van der Waals surface area contributed by atoms with E-state index in [9.17, 15) is 9.59 Å². The zero-order valence-electron chi connectivity index (χ0n) is 21.1. The first-order chi connectivity index (χ1) is 18.2. The monoisotopic (exact) mass is 570 g/mol. The molecular weight excluding hydrogens is 543 g/mol. The second kappa shape index (κ2) is 12.5. The Labute approximate surface area is 237 Å². The lowest BCUT2D eigenvalue weighted by atomic mass is 10.1. The van der Waals surface area contributed by atoms with Gasteiger partial charge < -0.3 is 19.5 Å². The van der Waals surface area contributed by atoms with Gasteiger partial charge in [-0.3, -0.25) is 14.9 Å². The Hall–Kier alpha value is -3.33. The number of thiocarbonyl (C=S) groups is 1. The molecule has 2 N–H and O–H groups in total. The number of aryl methyl sites for hydroxylation is 1. The van der Waals surface area contributed by atoms with Gasteiger partial charge in [-0.15, -0.1) is 0 Å². The van der Waals surface area contributed by atoms with Crippen molar-refractivity contribution in [1.29, 1.82) is 0 Å². The molecule has 0 bridgehead atoms. The highest BCUT2D eigenvalue weighted by Crippen LogP contribution is 2.30. The number of furan rings is 1. The molecule has 1 aromatic heterocycles. The fraction of sp³-hybridized carbons (Fsp3) is 0.250. The third kappa shape index (κ3) is 6.95. The molecule has 1 saturated heterocycles. The van der Waals surface area contributed by atoms with Crippen molar-refractivity contribution in [3.8, 4) is 11.3 Å². The maximum Gasteiger partial charge on any atom is 0.250 e. The minimum atomic E-state index is -0.402. The summed E-state index contributed by atoms with van der Waals surface area (Å²) in [5.74, 6) is 0.942. The number of halogens is 2. The standard InChI is InChI=1S/C28H28Cl2N4O3S/c1-3-27(36)34-14-12-33(13-15-34)24-9-6-20(17-23(24)30)31-28(38)32-26(35)11-8-21-7-10-25(37-21)19-5-4-18(2)22(29)16-19/h4-11,16-17H,3,12-15H2,1-2H3,(H2,31,32,35,38)/b11-8+. The van der Waals surface area contributed by atoms with Crippen LogP contribution in [0.25, 0.3) is 17.4 Å². The van der Waals surface area contributed by atoms with Crippen LogP contribution in [0.2, 0.25) is 10.0 Å². The van der Waals surface area contributed by atoms with E-state index in [2.05, 4.69) is 15.5 Å². The zero-order valence-corrected chi connectivity index (χ0v) is 23.4. The molecule has 0 radical (unpaired) electrons. The Bertz CT molecular complexity index is 1380. The number of carbonyl (C=O) groups is 2. The van der Waals surface area contributed by atoms with Crippen LogP contribution in [0, 0.1) is 6.92 Å². The van der Waals surface area contributed by atoms with Gasteiger partial charge in [-0.05, 0) is 67.2 Å². The molecule has 0 spiro atoms. The van der Waals surface area contributed by atoms with Crippen molar-refractivity contribution < 1.29 is 14.0 Å². The van der Waals surface area contributed by atoms with E-state index in [1.165, 1.54) is 6.08 Å². The van der Waals surface area contributed by atoms with Gasteiger partial charge >= 0.3 is 0 Å². The van der Waals surface area contributed by atoms with Crippen molar-refractivity contribution in [3.63, 3.8) is 0 Å². The first kappa shape index (κ1) is 27.7. The number of piperazine rings is 1. The number of rotatable bonds is 6. The summed E-state index contributed by atoms with van der Waals surface area (Å²) in [5, 5.41) is 6.96. The smallest absolute Gasteiger partial charge is 0.250 e. The summed E-state index contributed by atoms with van der Waals surface area (Å²) in [5.41, 5.74) is 3.39. The molecule has 1 aliphatic rings. The van der Waals surface area contributed by atoms with Gasteiger partial charge in [0.05, 0.1) is 10.7 Å². The first-order valence-electron chi connectivity index (χ1n) is 12.2. The number of amides is 2. The second-order valence-corrected chi connectivity index (χ2v) is 10.1. The number of hydrogen-bond acceptors (Lipinski definition) is 5. The van der Waals surface area contributed by atoms with E-state index in [4.69, 9.17) is 39.8 Å². The normalized spacial score (nSPS) is 13.6. The number of benzene rings is 2. The van der Waals surface area contributed by atoms with Crippen molar-refractivity contribution in [2.75, 3.05) is 36.4 Å². The summed E-state index contributed by atoms with van der Waals surface area (Å²) in [6.45, 7) is 6.59. The van der Waals surface area contributed by atoms with Gasteiger partial charge in [0.2, 0.25) is 11.8 Å². The third-order valence-corrected chi connectivity index (χ3v) is 7.11. The van der Waals surface area contributed by atoms with E-state index >= 15 is 0 Å². The molecule has 2 amide bonds. The van der Waals surface area contributed by atoms with E-state index < -0.39 is 5.91 Å². The molecule has 0 atom stereocenters. The quantitative estimate of drug-likeness (QED) is 0.273. The number of anilines is 2. The van der Waals surface area contributed by atoms with Crippen LogP contribution >= 0.6 is 35.4 Å². The SMILES string of the molecule is CCC(=O)N1CCN(c2ccc(NC(=S)NC(=O)/C=C/c3ccc(-c4ccc(C)c(Cl)c4)o3)cc2Cl)CC1. The van der Waals surface area contributed by atoms with E-state index in [0.29, 0.717) is 46.8 Å². The molecule has 198 valence electrons. The van der Waals surface area contributed by atoms with E-state index in [1.54, 1.807) is 18.2 Å². The highest BCUT2D eigenvalue weighted by Gasteiger charge is 2.21. The maximum absolute atomic E-state index is 12.4. The van der Waals surface area contributed by atoms with E-state index in [1.807, 2.05) is 55.1 Å². The lowest BCUT2D eigenvalue weighted by Gasteiger charge is -2.36. The molecule has 10 heteroatoms. The summed E-state index contributed by atoms with van der Waals surface area (Å²) in [7, 11) is 0. The molecule has 0 saturated carbocycles. The molecular formula is C28H28Cl2N4O3S. The molecule has 2 heterocycles. The molecule has 0 aliphatic carbocycles. The number of nitrogens with one attached hydrogen (secondary N) is 2. The number of hydrogen-bond donors (Lipinski definition) is 2. The molecule has 2 aromatic carbocycles. The van der Waals surface area contributed by atoms with Crippen molar-refractivity contribution in [1.82, 2.24) is 10.2 Å². The van der Waals surface area contributed by atoms with Crippen molar-refractivity contribution in [2.45, 2.75) is 20.3 Å². The molecule has 0 unspecified atom stereocenters. The number of carbonyl (C=O) groups excluding carboxylic acids is 2. The summed E-state index contributed by atoms with van der Waals surface area (Å²) in [6, 6.07) is 14.8. The summed E-state index contributed by atoms with van der Waals surface area (Å²) < 4.78 is 5.80. The third-order valence-electron chi connectivity index (χ3n) is 6.20.